The SMILES string of the molecule is C=CC(=O)N1CC[C@H](Cc2nc(CN3CCOCC3)cc(Nc3ncc(C)s3)n2)C1. The third-order valence-electron chi connectivity index (χ3n) is 5.41. The molecule has 1 amide bonds. The van der Waals surface area contributed by atoms with Crippen molar-refractivity contribution in [2.75, 3.05) is 44.7 Å². The van der Waals surface area contributed by atoms with Crippen LogP contribution < -0.4 is 5.32 Å². The number of morpholine rings is 1. The van der Waals surface area contributed by atoms with Crippen molar-refractivity contribution in [1.29, 1.82) is 0 Å². The van der Waals surface area contributed by atoms with Crippen LogP contribution in [0.2, 0.25) is 0 Å². The van der Waals surface area contributed by atoms with Crippen molar-refractivity contribution >= 4 is 28.2 Å². The van der Waals surface area contributed by atoms with E-state index in [9.17, 15) is 4.79 Å². The molecule has 160 valence electrons. The van der Waals surface area contributed by atoms with Crippen molar-refractivity contribution in [3.63, 3.8) is 0 Å². The molecular weight excluding hydrogens is 400 g/mol. The zero-order valence-corrected chi connectivity index (χ0v) is 18.2. The van der Waals surface area contributed by atoms with Crippen LogP contribution in [-0.4, -0.2) is 70.1 Å². The number of amides is 1. The van der Waals surface area contributed by atoms with Gasteiger partial charge in [0.05, 0.1) is 18.9 Å². The van der Waals surface area contributed by atoms with Gasteiger partial charge in [0.25, 0.3) is 0 Å². The van der Waals surface area contributed by atoms with Crippen LogP contribution in [0.3, 0.4) is 0 Å². The molecule has 0 spiro atoms. The minimum Gasteiger partial charge on any atom is -0.379 e. The number of aromatic nitrogens is 3. The number of hydrogen-bond donors (Lipinski definition) is 1. The van der Waals surface area contributed by atoms with Crippen LogP contribution in [-0.2, 0) is 22.5 Å². The number of ether oxygens (including phenoxy) is 1. The molecule has 1 N–H and O–H groups in total. The smallest absolute Gasteiger partial charge is 0.245 e. The molecular formula is C21H28N6O2S. The number of thiazole rings is 1. The van der Waals surface area contributed by atoms with E-state index >= 15 is 0 Å². The zero-order valence-electron chi connectivity index (χ0n) is 17.3. The Bertz CT molecular complexity index is 895. The molecule has 2 fully saturated rings. The monoisotopic (exact) mass is 428 g/mol. The van der Waals surface area contributed by atoms with E-state index in [1.165, 1.54) is 6.08 Å². The van der Waals surface area contributed by atoms with Crippen molar-refractivity contribution in [3.05, 3.63) is 41.3 Å². The first-order valence-corrected chi connectivity index (χ1v) is 11.2. The Morgan fingerprint density at radius 1 is 1.37 bits per heavy atom. The number of hydrogen-bond acceptors (Lipinski definition) is 8. The molecule has 4 rings (SSSR count). The van der Waals surface area contributed by atoms with Gasteiger partial charge in [-0.05, 0) is 25.3 Å². The number of carbonyl (C=O) groups is 1. The first-order chi connectivity index (χ1) is 14.6. The first-order valence-electron chi connectivity index (χ1n) is 10.4. The lowest BCUT2D eigenvalue weighted by Crippen LogP contribution is -2.36. The Morgan fingerprint density at radius 3 is 2.93 bits per heavy atom. The van der Waals surface area contributed by atoms with Crippen molar-refractivity contribution in [3.8, 4) is 0 Å². The van der Waals surface area contributed by atoms with Gasteiger partial charge >= 0.3 is 0 Å². The number of likely N-dealkylation sites (tertiary alicyclic amines) is 1. The van der Waals surface area contributed by atoms with Gasteiger partial charge in [0.15, 0.2) is 5.13 Å². The summed E-state index contributed by atoms with van der Waals surface area (Å²) in [6, 6.07) is 2.01. The summed E-state index contributed by atoms with van der Waals surface area (Å²) < 4.78 is 5.46. The molecule has 8 nitrogen and oxygen atoms in total. The maximum absolute atomic E-state index is 11.9. The summed E-state index contributed by atoms with van der Waals surface area (Å²) in [6.07, 6.45) is 4.96. The molecule has 2 aromatic heterocycles. The first kappa shape index (κ1) is 20.9. The number of rotatable bonds is 7. The third-order valence-corrected chi connectivity index (χ3v) is 6.24. The fourth-order valence-corrected chi connectivity index (χ4v) is 4.56. The number of anilines is 2. The van der Waals surface area contributed by atoms with Gasteiger partial charge < -0.3 is 15.0 Å². The van der Waals surface area contributed by atoms with Gasteiger partial charge in [-0.1, -0.05) is 6.58 Å². The van der Waals surface area contributed by atoms with Gasteiger partial charge in [-0.3, -0.25) is 9.69 Å². The van der Waals surface area contributed by atoms with E-state index in [1.54, 1.807) is 11.3 Å². The second-order valence-corrected chi connectivity index (χ2v) is 9.03. The Labute approximate surface area is 181 Å². The lowest BCUT2D eigenvalue weighted by molar-refractivity contribution is -0.125. The summed E-state index contributed by atoms with van der Waals surface area (Å²) in [7, 11) is 0. The Morgan fingerprint density at radius 2 is 2.20 bits per heavy atom. The largest absolute Gasteiger partial charge is 0.379 e. The van der Waals surface area contributed by atoms with Crippen molar-refractivity contribution in [1.82, 2.24) is 24.8 Å². The molecule has 1 atom stereocenters. The van der Waals surface area contributed by atoms with Gasteiger partial charge in [-0.2, -0.15) is 0 Å². The highest BCUT2D eigenvalue weighted by molar-refractivity contribution is 7.15. The van der Waals surface area contributed by atoms with E-state index in [2.05, 4.69) is 21.8 Å². The third kappa shape index (κ3) is 5.41. The van der Waals surface area contributed by atoms with Crippen LogP contribution in [0, 0.1) is 12.8 Å². The van der Waals surface area contributed by atoms with Crippen LogP contribution in [0.25, 0.3) is 0 Å². The van der Waals surface area contributed by atoms with Crippen LogP contribution in [0.15, 0.2) is 24.9 Å². The average molecular weight is 429 g/mol. The predicted octanol–water partition coefficient (Wildman–Crippen LogP) is 2.39. The summed E-state index contributed by atoms with van der Waals surface area (Å²) in [5, 5.41) is 4.17. The fourth-order valence-electron chi connectivity index (χ4n) is 3.89. The summed E-state index contributed by atoms with van der Waals surface area (Å²) in [5.41, 5.74) is 0.995. The highest BCUT2D eigenvalue weighted by atomic mass is 32.1. The summed E-state index contributed by atoms with van der Waals surface area (Å²) in [6.45, 7) is 11.2. The predicted molar refractivity (Wildman–Crippen MR) is 117 cm³/mol. The molecule has 0 radical (unpaired) electrons. The Hall–Kier alpha value is -2.36. The van der Waals surface area contributed by atoms with Crippen molar-refractivity contribution < 1.29 is 9.53 Å². The quantitative estimate of drug-likeness (QED) is 0.678. The summed E-state index contributed by atoms with van der Waals surface area (Å²) >= 11 is 1.61. The van der Waals surface area contributed by atoms with E-state index in [4.69, 9.17) is 14.7 Å². The summed E-state index contributed by atoms with van der Waals surface area (Å²) in [5.74, 6) is 1.95. The summed E-state index contributed by atoms with van der Waals surface area (Å²) in [4.78, 5) is 31.3. The maximum atomic E-state index is 11.9. The van der Waals surface area contributed by atoms with Gasteiger partial charge in [-0.15, -0.1) is 11.3 Å². The van der Waals surface area contributed by atoms with Crippen LogP contribution in [0.5, 0.6) is 0 Å². The van der Waals surface area contributed by atoms with Gasteiger partial charge in [-0.25, -0.2) is 15.0 Å². The molecule has 30 heavy (non-hydrogen) atoms. The molecule has 9 heteroatoms. The second-order valence-electron chi connectivity index (χ2n) is 7.80. The lowest BCUT2D eigenvalue weighted by atomic mass is 10.0. The Balaban J connectivity index is 1.50. The Kier molecular flexibility index (Phi) is 6.71. The van der Waals surface area contributed by atoms with E-state index in [0.717, 1.165) is 86.1 Å². The van der Waals surface area contributed by atoms with E-state index in [0.29, 0.717) is 5.92 Å². The fraction of sp³-hybridized carbons (Fsp3) is 0.524. The molecule has 0 saturated carbocycles. The molecule has 0 aliphatic carbocycles. The molecule has 2 aromatic rings. The standard InChI is InChI=1S/C21H28N6O2S/c1-3-20(28)27-5-4-16(13-27)10-18-23-17(14-26-6-8-29-9-7-26)11-19(24-18)25-21-22-12-15(2)30-21/h3,11-12,16H,1,4-10,13-14H2,2H3,(H,22,23,24,25)/t16-/m1/s1. The number of nitrogens with zero attached hydrogens (tertiary/aromatic N) is 5. The number of aryl methyl sites for hydroxylation is 1. The minimum atomic E-state index is 0.000909. The van der Waals surface area contributed by atoms with Gasteiger partial charge in [0, 0.05) is 56.3 Å². The molecule has 2 aliphatic heterocycles. The molecule has 4 heterocycles. The minimum absolute atomic E-state index is 0.000909. The van der Waals surface area contributed by atoms with Gasteiger partial charge in [0.2, 0.25) is 5.91 Å². The van der Waals surface area contributed by atoms with E-state index in [-0.39, 0.29) is 5.91 Å². The molecule has 0 aromatic carbocycles. The lowest BCUT2D eigenvalue weighted by Gasteiger charge is -2.26. The highest BCUT2D eigenvalue weighted by Crippen LogP contribution is 2.24. The van der Waals surface area contributed by atoms with Crippen LogP contribution in [0.1, 0.15) is 22.8 Å². The molecule has 0 bridgehead atoms. The number of carbonyl (C=O) groups excluding carboxylic acids is 1. The van der Waals surface area contributed by atoms with Crippen LogP contribution in [0.4, 0.5) is 10.9 Å². The van der Waals surface area contributed by atoms with E-state index < -0.39 is 0 Å². The maximum Gasteiger partial charge on any atom is 0.245 e. The van der Waals surface area contributed by atoms with E-state index in [1.807, 2.05) is 24.1 Å². The molecule has 0 unspecified atom stereocenters. The topological polar surface area (TPSA) is 83.5 Å². The average Bonchev–Trinajstić information content (AvgIpc) is 3.37. The molecule has 2 saturated heterocycles. The van der Waals surface area contributed by atoms with Crippen molar-refractivity contribution in [2.45, 2.75) is 26.3 Å². The number of nitrogens with one attached hydrogen (secondary N) is 1. The highest BCUT2D eigenvalue weighted by Gasteiger charge is 2.26. The van der Waals surface area contributed by atoms with Gasteiger partial charge in [0.1, 0.15) is 11.6 Å². The zero-order chi connectivity index (χ0) is 20.9. The molecule has 2 aliphatic rings. The van der Waals surface area contributed by atoms with Crippen LogP contribution >= 0.6 is 11.3 Å². The normalized spacial score (nSPS) is 19.8. The van der Waals surface area contributed by atoms with Crippen molar-refractivity contribution in [2.24, 2.45) is 5.92 Å². The second kappa shape index (κ2) is 9.63.